The minimum atomic E-state index is 0.379. The first kappa shape index (κ1) is 21.7. The quantitative estimate of drug-likeness (QED) is 0.330. The van der Waals surface area contributed by atoms with Crippen LogP contribution in [0.1, 0.15) is 65.2 Å². The van der Waals surface area contributed by atoms with Gasteiger partial charge in [0.1, 0.15) is 0 Å². The average molecular weight is 411 g/mol. The zero-order valence-electron chi connectivity index (χ0n) is 17.3. The van der Waals surface area contributed by atoms with Gasteiger partial charge in [0.15, 0.2) is 0 Å². The minimum absolute atomic E-state index is 0.379. The predicted molar refractivity (Wildman–Crippen MR) is 122 cm³/mol. The Hall–Kier alpha value is 0.0400. The summed E-state index contributed by atoms with van der Waals surface area (Å²) in [5.74, 6) is 1.49. The van der Waals surface area contributed by atoms with Gasteiger partial charge in [-0.15, -0.1) is 11.6 Å². The van der Waals surface area contributed by atoms with Crippen LogP contribution in [0.2, 0.25) is 0 Å². The molecule has 154 valence electrons. The third-order valence-electron chi connectivity index (χ3n) is 6.82. The van der Waals surface area contributed by atoms with Gasteiger partial charge in [-0.2, -0.15) is 12.6 Å². The number of halogens is 1. The molecule has 0 saturated carbocycles. The van der Waals surface area contributed by atoms with E-state index in [1.165, 1.54) is 58.2 Å². The van der Waals surface area contributed by atoms with E-state index in [9.17, 15) is 0 Å². The fourth-order valence-corrected chi connectivity index (χ4v) is 5.20. The average Bonchev–Trinajstić information content (AvgIpc) is 2.67. The van der Waals surface area contributed by atoms with Crippen LogP contribution >= 0.6 is 24.2 Å². The highest BCUT2D eigenvalue weighted by Gasteiger charge is 2.26. The Morgan fingerprint density at radius 3 is 2.48 bits per heavy atom. The lowest BCUT2D eigenvalue weighted by Crippen LogP contribution is -2.47. The molecule has 0 radical (unpaired) electrons. The molecule has 2 aliphatic carbocycles. The third-order valence-corrected chi connectivity index (χ3v) is 7.69. The van der Waals surface area contributed by atoms with Gasteiger partial charge in [-0.3, -0.25) is 0 Å². The molecule has 1 fully saturated rings. The van der Waals surface area contributed by atoms with E-state index in [4.69, 9.17) is 11.6 Å². The van der Waals surface area contributed by atoms with Crippen molar-refractivity contribution in [3.63, 3.8) is 0 Å². The Labute approximate surface area is 177 Å². The largest absolute Gasteiger partial charge is 0.309 e. The van der Waals surface area contributed by atoms with Crippen LogP contribution in [0.4, 0.5) is 0 Å². The lowest BCUT2D eigenvalue weighted by molar-refractivity contribution is 0.166. The van der Waals surface area contributed by atoms with Crippen molar-refractivity contribution in [2.45, 2.75) is 81.9 Å². The first-order valence-electron chi connectivity index (χ1n) is 11.2. The number of hydrogen-bond acceptors (Lipinski definition) is 3. The molecule has 1 N–H and O–H groups in total. The van der Waals surface area contributed by atoms with Crippen LogP contribution < -0.4 is 5.32 Å². The van der Waals surface area contributed by atoms with Crippen molar-refractivity contribution in [1.29, 1.82) is 0 Å². The maximum absolute atomic E-state index is 6.26. The number of hydrogen-bond donors (Lipinski definition) is 2. The number of thiol groups is 1. The first-order chi connectivity index (χ1) is 13.0. The number of rotatable bonds is 7. The minimum Gasteiger partial charge on any atom is -0.309 e. The molecule has 2 unspecified atom stereocenters. The number of likely N-dealkylation sites (tertiary alicyclic amines) is 1. The molecule has 0 aromatic rings. The van der Waals surface area contributed by atoms with E-state index in [1.54, 1.807) is 11.1 Å². The number of nitrogens with one attached hydrogen (secondary N) is 1. The number of nitrogens with zero attached hydrogens (tertiary/aromatic N) is 1. The monoisotopic (exact) mass is 410 g/mol. The molecule has 3 atom stereocenters. The fraction of sp³-hybridized carbons (Fsp3) is 0.826. The predicted octanol–water partition coefficient (Wildman–Crippen LogP) is 5.44. The Balaban J connectivity index is 1.43. The van der Waals surface area contributed by atoms with E-state index in [2.05, 4.69) is 48.8 Å². The van der Waals surface area contributed by atoms with Crippen molar-refractivity contribution in [2.75, 3.05) is 26.2 Å². The molecule has 3 rings (SSSR count). The Morgan fingerprint density at radius 1 is 1.11 bits per heavy atom. The highest BCUT2D eigenvalue weighted by atomic mass is 35.5. The van der Waals surface area contributed by atoms with Gasteiger partial charge in [-0.05, 0) is 76.3 Å². The Kier molecular flexibility index (Phi) is 8.63. The summed E-state index contributed by atoms with van der Waals surface area (Å²) in [7, 11) is 0. The summed E-state index contributed by atoms with van der Waals surface area (Å²) in [5.41, 5.74) is 3.29. The molecule has 0 spiro atoms. The normalized spacial score (nSPS) is 29.5. The van der Waals surface area contributed by atoms with E-state index in [1.807, 2.05) is 0 Å². The first-order valence-corrected chi connectivity index (χ1v) is 12.1. The molecule has 0 amide bonds. The van der Waals surface area contributed by atoms with Crippen molar-refractivity contribution >= 4 is 24.2 Å². The number of alkyl halides is 1. The van der Waals surface area contributed by atoms with Gasteiger partial charge in [0, 0.05) is 29.8 Å². The molecular formula is C23H39ClN2S. The summed E-state index contributed by atoms with van der Waals surface area (Å²) < 4.78 is 0. The van der Waals surface area contributed by atoms with E-state index in [0.717, 1.165) is 25.3 Å². The van der Waals surface area contributed by atoms with Gasteiger partial charge in [0.05, 0.1) is 0 Å². The molecule has 0 aromatic heterocycles. The summed E-state index contributed by atoms with van der Waals surface area (Å²) in [6.45, 7) is 9.47. The summed E-state index contributed by atoms with van der Waals surface area (Å²) in [5, 5.41) is 4.82. The highest BCUT2D eigenvalue weighted by Crippen LogP contribution is 2.33. The maximum Gasteiger partial charge on any atom is 0.0373 e. The second-order valence-electron chi connectivity index (χ2n) is 9.25. The molecule has 1 aliphatic heterocycles. The van der Waals surface area contributed by atoms with Gasteiger partial charge in [0.2, 0.25) is 0 Å². The molecule has 4 heteroatoms. The zero-order valence-corrected chi connectivity index (χ0v) is 18.9. The molecule has 0 bridgehead atoms. The molecule has 1 saturated heterocycles. The van der Waals surface area contributed by atoms with Crippen LogP contribution in [-0.2, 0) is 0 Å². The third kappa shape index (κ3) is 6.80. The molecular weight excluding hydrogens is 372 g/mol. The summed E-state index contributed by atoms with van der Waals surface area (Å²) in [6.07, 6.45) is 14.6. The SMILES string of the molecule is CC(C)[C@H](CN1CCC(C2=CCC(Cl)CC2)CC1)NCC1=CCC(S)CC1. The maximum atomic E-state index is 6.26. The van der Waals surface area contributed by atoms with Gasteiger partial charge in [0.25, 0.3) is 0 Å². The second-order valence-corrected chi connectivity index (χ2v) is 10.6. The van der Waals surface area contributed by atoms with E-state index in [0.29, 0.717) is 22.6 Å². The van der Waals surface area contributed by atoms with Crippen LogP contribution in [0.3, 0.4) is 0 Å². The van der Waals surface area contributed by atoms with Crippen LogP contribution in [0.25, 0.3) is 0 Å². The second kappa shape index (κ2) is 10.7. The van der Waals surface area contributed by atoms with Gasteiger partial charge in [-0.25, -0.2) is 0 Å². The van der Waals surface area contributed by atoms with Gasteiger partial charge in [-0.1, -0.05) is 37.1 Å². The van der Waals surface area contributed by atoms with Crippen molar-refractivity contribution in [1.82, 2.24) is 10.2 Å². The van der Waals surface area contributed by atoms with Crippen molar-refractivity contribution < 1.29 is 0 Å². The Bertz CT molecular complexity index is 522. The van der Waals surface area contributed by atoms with E-state index >= 15 is 0 Å². The van der Waals surface area contributed by atoms with Crippen LogP contribution in [0.5, 0.6) is 0 Å². The van der Waals surface area contributed by atoms with Crippen molar-refractivity contribution in [2.24, 2.45) is 11.8 Å². The number of allylic oxidation sites excluding steroid dienone is 3. The Morgan fingerprint density at radius 2 is 1.89 bits per heavy atom. The summed E-state index contributed by atoms with van der Waals surface area (Å²) >= 11 is 10.9. The molecule has 3 aliphatic rings. The smallest absolute Gasteiger partial charge is 0.0373 e. The van der Waals surface area contributed by atoms with Crippen LogP contribution in [0.15, 0.2) is 23.3 Å². The van der Waals surface area contributed by atoms with E-state index in [-0.39, 0.29) is 0 Å². The number of piperidine rings is 1. The molecule has 1 heterocycles. The van der Waals surface area contributed by atoms with Crippen molar-refractivity contribution in [3.8, 4) is 0 Å². The lowest BCUT2D eigenvalue weighted by atomic mass is 9.83. The van der Waals surface area contributed by atoms with Crippen LogP contribution in [-0.4, -0.2) is 47.7 Å². The molecule has 0 aromatic carbocycles. The summed E-state index contributed by atoms with van der Waals surface area (Å²) in [6, 6.07) is 0.585. The fourth-order valence-electron chi connectivity index (χ4n) is 4.77. The van der Waals surface area contributed by atoms with Crippen LogP contribution in [0, 0.1) is 11.8 Å². The lowest BCUT2D eigenvalue weighted by Gasteiger charge is -2.37. The molecule has 2 nitrogen and oxygen atoms in total. The highest BCUT2D eigenvalue weighted by molar-refractivity contribution is 7.80. The zero-order chi connectivity index (χ0) is 19.2. The standard InChI is InChI=1S/C23H39ClN2S/c1-17(2)23(25-15-18-3-9-22(27)10-4-18)16-26-13-11-20(12-14-26)19-5-7-21(24)8-6-19/h3,5,17,20-23,25,27H,4,6-16H2,1-2H3/t21?,22?,23-/m0/s1. The van der Waals surface area contributed by atoms with E-state index < -0.39 is 0 Å². The van der Waals surface area contributed by atoms with Crippen molar-refractivity contribution in [3.05, 3.63) is 23.3 Å². The van der Waals surface area contributed by atoms with Gasteiger partial charge < -0.3 is 10.2 Å². The van der Waals surface area contributed by atoms with Gasteiger partial charge >= 0.3 is 0 Å². The molecule has 27 heavy (non-hydrogen) atoms. The summed E-state index contributed by atoms with van der Waals surface area (Å²) in [4.78, 5) is 2.70. The topological polar surface area (TPSA) is 15.3 Å².